The highest BCUT2D eigenvalue weighted by Crippen LogP contribution is 2.40. The summed E-state index contributed by atoms with van der Waals surface area (Å²) in [5.41, 5.74) is 0.659. The predicted molar refractivity (Wildman–Crippen MR) is 365 cm³/mol. The van der Waals surface area contributed by atoms with E-state index in [0.717, 1.165) is 134 Å². The summed E-state index contributed by atoms with van der Waals surface area (Å²) in [5.74, 6) is -3.07. The second-order valence-electron chi connectivity index (χ2n) is 28.4. The van der Waals surface area contributed by atoms with Crippen LogP contribution in [0.5, 0.6) is 0 Å². The van der Waals surface area contributed by atoms with E-state index in [2.05, 4.69) is 20.8 Å². The van der Waals surface area contributed by atoms with Gasteiger partial charge in [0.2, 0.25) is 0 Å². The number of hydrogen-bond donors (Lipinski definition) is 8. The van der Waals surface area contributed by atoms with Crippen molar-refractivity contribution < 1.29 is 126 Å². The highest BCUT2D eigenvalue weighted by atomic mass is 16.8. The molecule has 0 radical (unpaired) electrons. The number of benzene rings is 1. The molecule has 26 heteroatoms. The van der Waals surface area contributed by atoms with Gasteiger partial charge in [0.15, 0.2) is 55.9 Å². The van der Waals surface area contributed by atoms with E-state index in [1.54, 1.807) is 31.2 Å². The Kier molecular flexibility index (Phi) is 37.0. The van der Waals surface area contributed by atoms with Crippen molar-refractivity contribution >= 4 is 30.0 Å². The standard InChI is InChI=1S/C75H122O26/c1-8-11-14-16-17-18-21-25-34-41-54(79)97-70-69(101-71-60(85)58(83)57(82)51(44-76)93-71)65(99-72-62(87)66(95-55(80)43-42-49-35-29-27-30-36-49)64(47(6)89-72)94-52(77)39-32-23-15-12-9-2)48(7)91-75(70)98-63-46(5)90-74-68(61(63)86)96-53(78)40-33-26-22-19-20-24-31-38-50(37-28-13-10-3)92-73-67(100-74)59(84)56(81)45(4)88-73/h27,29-30,35-36,42-43,45-48,50-51,56-76,81-87H,8-26,28,31-34,37-41,44H2,1-7H3/b43-42+/t45-,46+,47+,48+,50+,51-,56+,57-,58+,59+,60-,61-,62-,63+,64+,65+,66+,67-,68-,69-,70-,71+,72+,73+,74+,75+/m1/s1. The van der Waals surface area contributed by atoms with E-state index in [-0.39, 0.29) is 25.4 Å². The summed E-state index contributed by atoms with van der Waals surface area (Å²) in [5, 5.41) is 92.8. The lowest BCUT2D eigenvalue weighted by Gasteiger charge is -2.51. The molecule has 1 aromatic carbocycles. The average Bonchev–Trinajstić information content (AvgIpc) is 0.764. The molecule has 0 unspecified atom stereocenters. The van der Waals surface area contributed by atoms with Gasteiger partial charge in [-0.15, -0.1) is 0 Å². The summed E-state index contributed by atoms with van der Waals surface area (Å²) in [7, 11) is 0. The molecule has 6 aliphatic heterocycles. The number of rotatable bonds is 32. The first-order chi connectivity index (χ1) is 48.7. The third-order valence-corrected chi connectivity index (χ3v) is 20.1. The van der Waals surface area contributed by atoms with Crippen LogP contribution in [0, 0.1) is 0 Å². The molecule has 6 aliphatic rings. The first-order valence-electron chi connectivity index (χ1n) is 38.1. The third kappa shape index (κ3) is 25.7. The van der Waals surface area contributed by atoms with Crippen LogP contribution in [0.3, 0.4) is 0 Å². The Labute approximate surface area is 596 Å². The van der Waals surface area contributed by atoms with E-state index in [0.29, 0.717) is 44.1 Å². The fraction of sp³-hybridized carbons (Fsp3) is 0.840. The van der Waals surface area contributed by atoms with E-state index >= 15 is 0 Å². The molecule has 578 valence electrons. The van der Waals surface area contributed by atoms with Crippen molar-refractivity contribution in [3.63, 3.8) is 0 Å². The van der Waals surface area contributed by atoms with Gasteiger partial charge in [-0.3, -0.25) is 14.4 Å². The summed E-state index contributed by atoms with van der Waals surface area (Å²) in [6, 6.07) is 8.89. The van der Waals surface area contributed by atoms with Gasteiger partial charge in [-0.05, 0) is 71.4 Å². The molecule has 0 aromatic heterocycles. The molecule has 0 bridgehead atoms. The molecule has 0 amide bonds. The van der Waals surface area contributed by atoms with E-state index in [4.69, 9.17) is 66.3 Å². The third-order valence-electron chi connectivity index (χ3n) is 20.1. The lowest BCUT2D eigenvalue weighted by molar-refractivity contribution is -0.400. The molecule has 1 aromatic rings. The van der Waals surface area contributed by atoms with Crippen molar-refractivity contribution in [1.82, 2.24) is 0 Å². The van der Waals surface area contributed by atoms with Crippen molar-refractivity contribution in [2.24, 2.45) is 0 Å². The first-order valence-corrected chi connectivity index (χ1v) is 38.1. The number of ether oxygens (including phenoxy) is 14. The monoisotopic (exact) mass is 1440 g/mol. The van der Waals surface area contributed by atoms with Crippen LogP contribution in [-0.2, 0) is 85.5 Å². The van der Waals surface area contributed by atoms with Crippen LogP contribution in [0.25, 0.3) is 6.08 Å². The molecule has 8 N–H and O–H groups in total. The maximum absolute atomic E-state index is 14.6. The van der Waals surface area contributed by atoms with Crippen molar-refractivity contribution in [1.29, 1.82) is 0 Å². The van der Waals surface area contributed by atoms with Crippen LogP contribution in [0.1, 0.15) is 240 Å². The molecule has 0 aliphatic carbocycles. The van der Waals surface area contributed by atoms with Gasteiger partial charge in [0, 0.05) is 25.3 Å². The minimum Gasteiger partial charge on any atom is -0.455 e. The Morgan fingerprint density at radius 2 is 0.980 bits per heavy atom. The smallest absolute Gasteiger partial charge is 0.331 e. The predicted octanol–water partition coefficient (Wildman–Crippen LogP) is 7.88. The largest absolute Gasteiger partial charge is 0.455 e. The maximum Gasteiger partial charge on any atom is 0.331 e. The number of carbonyl (C=O) groups excluding carboxylic acids is 4. The number of fused-ring (bicyclic) bond motifs is 2. The molecule has 26 atom stereocenters. The van der Waals surface area contributed by atoms with Gasteiger partial charge in [0.1, 0.15) is 73.2 Å². The van der Waals surface area contributed by atoms with Gasteiger partial charge >= 0.3 is 23.9 Å². The van der Waals surface area contributed by atoms with E-state index < -0.39 is 184 Å². The zero-order chi connectivity index (χ0) is 73.0. The van der Waals surface area contributed by atoms with Gasteiger partial charge in [-0.25, -0.2) is 4.79 Å². The number of aliphatic hydroxyl groups excluding tert-OH is 8. The van der Waals surface area contributed by atoms with Crippen molar-refractivity contribution in [2.45, 2.75) is 394 Å². The Morgan fingerprint density at radius 1 is 0.455 bits per heavy atom. The second kappa shape index (κ2) is 44.3. The quantitative estimate of drug-likeness (QED) is 0.0147. The summed E-state index contributed by atoms with van der Waals surface area (Å²) < 4.78 is 89.8. The van der Waals surface area contributed by atoms with Crippen molar-refractivity contribution in [3.8, 4) is 0 Å². The molecule has 6 heterocycles. The SMILES string of the molecule is CCCCCCCCCCCC(=O)O[C@H]1[C@H](O[C@@H]2[C@@H](O)[C@H]3OC(=O)CCCCCCCCC[C@H](CCCCC)O[C@@H]4O[C@H](C)[C@H](O)[C@H](O)[C@H]4O[C@@H]3O[C@H]2C)O[C@@H](C)[C@H](O[C@@H]2O[C@@H](C)[C@H](OC(=O)CCCCCCC)[C@@H](OC(=O)/C=C/c3ccccc3)[C@H]2O)[C@H]1O[C@@H]1O[C@H](CO)[C@@H](O)[C@H](O)[C@H]1O. The topological polar surface area (TPSA) is 359 Å². The molecule has 101 heavy (non-hydrogen) atoms. The number of hydrogen-bond acceptors (Lipinski definition) is 26. The van der Waals surface area contributed by atoms with Crippen molar-refractivity contribution in [2.75, 3.05) is 6.61 Å². The zero-order valence-electron chi connectivity index (χ0n) is 60.7. The maximum atomic E-state index is 14.6. The summed E-state index contributed by atoms with van der Waals surface area (Å²) in [4.78, 5) is 56.1. The summed E-state index contributed by atoms with van der Waals surface area (Å²) in [6.07, 6.45) is -15.8. The zero-order valence-corrected chi connectivity index (χ0v) is 60.7. The molecular weight excluding hydrogens is 1320 g/mol. The van der Waals surface area contributed by atoms with Gasteiger partial charge in [-0.1, -0.05) is 186 Å². The van der Waals surface area contributed by atoms with Crippen LogP contribution in [0.15, 0.2) is 36.4 Å². The highest BCUT2D eigenvalue weighted by molar-refractivity contribution is 5.87. The number of carbonyl (C=O) groups is 4. The fourth-order valence-corrected chi connectivity index (χ4v) is 14.0. The highest BCUT2D eigenvalue weighted by Gasteiger charge is 2.59. The van der Waals surface area contributed by atoms with Crippen LogP contribution in [-0.4, -0.2) is 231 Å². The van der Waals surface area contributed by atoms with Gasteiger partial charge in [0.25, 0.3) is 0 Å². The van der Waals surface area contributed by atoms with Gasteiger partial charge < -0.3 is 107 Å². The summed E-state index contributed by atoms with van der Waals surface area (Å²) in [6.45, 7) is 11.6. The summed E-state index contributed by atoms with van der Waals surface area (Å²) >= 11 is 0. The van der Waals surface area contributed by atoms with Crippen LogP contribution in [0.2, 0.25) is 0 Å². The van der Waals surface area contributed by atoms with Crippen LogP contribution >= 0.6 is 0 Å². The Morgan fingerprint density at radius 3 is 1.62 bits per heavy atom. The molecular formula is C75H122O26. The first kappa shape index (κ1) is 84.4. The molecule has 26 nitrogen and oxygen atoms in total. The lowest BCUT2D eigenvalue weighted by Crippen LogP contribution is -2.68. The number of esters is 4. The lowest BCUT2D eigenvalue weighted by atomic mass is 9.95. The van der Waals surface area contributed by atoms with E-state index in [1.807, 2.05) is 6.07 Å². The fourth-order valence-electron chi connectivity index (χ4n) is 14.0. The average molecular weight is 1440 g/mol. The number of unbranched alkanes of at least 4 members (excludes halogenated alkanes) is 14. The minimum absolute atomic E-state index is 0.0246. The van der Waals surface area contributed by atoms with E-state index in [1.165, 1.54) is 26.8 Å². The minimum atomic E-state index is -2.05. The van der Waals surface area contributed by atoms with Gasteiger partial charge in [-0.2, -0.15) is 0 Å². The van der Waals surface area contributed by atoms with E-state index in [9.17, 15) is 60.0 Å². The van der Waals surface area contributed by atoms with Crippen LogP contribution < -0.4 is 0 Å². The Balaban J connectivity index is 1.25. The second-order valence-corrected chi connectivity index (χ2v) is 28.4. The Bertz CT molecular complexity index is 2550. The molecule has 0 saturated carbocycles. The normalized spacial score (nSPS) is 37.2. The molecule has 6 fully saturated rings. The molecule has 6 saturated heterocycles. The van der Waals surface area contributed by atoms with Crippen molar-refractivity contribution in [3.05, 3.63) is 42.0 Å². The number of aliphatic hydroxyl groups is 8. The van der Waals surface area contributed by atoms with Gasteiger partial charge in [0.05, 0.1) is 37.1 Å². The van der Waals surface area contributed by atoms with Crippen LogP contribution in [0.4, 0.5) is 0 Å². The Hall–Kier alpha value is -3.88. The molecule has 0 spiro atoms. The molecule has 7 rings (SSSR count).